The topological polar surface area (TPSA) is 58.6 Å². The Balaban J connectivity index is 2.70. The molecular weight excluding hydrogens is 287 g/mol. The molecule has 0 fully saturated rings. The molecule has 21 heavy (non-hydrogen) atoms. The fourth-order valence-electron chi connectivity index (χ4n) is 1.96. The van der Waals surface area contributed by atoms with Gasteiger partial charge in [0.05, 0.1) is 0 Å². The first-order chi connectivity index (χ1) is 9.72. The van der Waals surface area contributed by atoms with Gasteiger partial charge in [0.1, 0.15) is 11.3 Å². The number of rotatable bonds is 7. The zero-order valence-corrected chi connectivity index (χ0v) is 11.8. The minimum absolute atomic E-state index is 0.250. The highest BCUT2D eigenvalue weighted by atomic mass is 19.4. The lowest BCUT2D eigenvalue weighted by Gasteiger charge is -2.28. The molecule has 1 rings (SSSR count). The predicted molar refractivity (Wildman–Crippen MR) is 70.9 cm³/mol. The van der Waals surface area contributed by atoms with E-state index >= 15 is 0 Å². The maximum absolute atomic E-state index is 12.0. The van der Waals surface area contributed by atoms with Crippen molar-refractivity contribution in [2.24, 2.45) is 0 Å². The Labute approximate surface area is 120 Å². The van der Waals surface area contributed by atoms with Crippen molar-refractivity contribution in [3.8, 4) is 5.75 Å². The first-order valence-electron chi connectivity index (χ1n) is 6.55. The molecule has 7 heteroatoms. The second-order valence-corrected chi connectivity index (χ2v) is 4.64. The van der Waals surface area contributed by atoms with Gasteiger partial charge in [0.25, 0.3) is 0 Å². The number of nitrogens with one attached hydrogen (secondary N) is 1. The molecule has 0 unspecified atom stereocenters. The summed E-state index contributed by atoms with van der Waals surface area (Å²) in [6, 6.07) is 5.33. The fourth-order valence-corrected chi connectivity index (χ4v) is 1.96. The smallest absolute Gasteiger partial charge is 0.480 e. The van der Waals surface area contributed by atoms with E-state index < -0.39 is 17.9 Å². The number of benzene rings is 1. The maximum atomic E-state index is 12.0. The predicted octanol–water partition coefficient (Wildman–Crippen LogP) is 3.32. The Kier molecular flexibility index (Phi) is 5.60. The molecule has 0 radical (unpaired) electrons. The Morgan fingerprint density at radius 1 is 1.19 bits per heavy atom. The number of hydrogen-bond acceptors (Lipinski definition) is 3. The number of halogens is 3. The van der Waals surface area contributed by atoms with E-state index in [4.69, 9.17) is 0 Å². The normalized spacial score (nSPS) is 12.2. The van der Waals surface area contributed by atoms with Gasteiger partial charge in [-0.3, -0.25) is 10.1 Å². The van der Waals surface area contributed by atoms with E-state index in [1.807, 2.05) is 0 Å². The molecule has 0 aliphatic heterocycles. The Hall–Kier alpha value is -1.76. The third kappa shape index (κ3) is 4.93. The molecule has 1 aromatic carbocycles. The average molecular weight is 305 g/mol. The maximum Gasteiger partial charge on any atom is 0.573 e. The summed E-state index contributed by atoms with van der Waals surface area (Å²) in [5, 5.41) is 12.2. The molecule has 0 spiro atoms. The van der Waals surface area contributed by atoms with Crippen LogP contribution in [0.2, 0.25) is 0 Å². The summed E-state index contributed by atoms with van der Waals surface area (Å²) in [5.74, 6) is -1.24. The van der Waals surface area contributed by atoms with Crippen molar-refractivity contribution in [3.05, 3.63) is 29.8 Å². The molecule has 0 bridgehead atoms. The highest BCUT2D eigenvalue weighted by Gasteiger charge is 2.34. The van der Waals surface area contributed by atoms with E-state index in [1.54, 1.807) is 13.8 Å². The lowest BCUT2D eigenvalue weighted by atomic mass is 9.92. The molecule has 0 saturated heterocycles. The van der Waals surface area contributed by atoms with Gasteiger partial charge in [-0.25, -0.2) is 0 Å². The van der Waals surface area contributed by atoms with Crippen LogP contribution in [-0.2, 0) is 11.3 Å². The van der Waals surface area contributed by atoms with Crippen LogP contribution in [-0.4, -0.2) is 23.0 Å². The van der Waals surface area contributed by atoms with E-state index in [-0.39, 0.29) is 12.3 Å². The summed E-state index contributed by atoms with van der Waals surface area (Å²) in [7, 11) is 0. The minimum atomic E-state index is -4.72. The summed E-state index contributed by atoms with van der Waals surface area (Å²) in [5.41, 5.74) is -0.349. The van der Waals surface area contributed by atoms with Crippen LogP contribution in [0.25, 0.3) is 0 Å². The summed E-state index contributed by atoms with van der Waals surface area (Å²) >= 11 is 0. The third-order valence-electron chi connectivity index (χ3n) is 3.40. The molecule has 2 N–H and O–H groups in total. The molecule has 0 amide bonds. The van der Waals surface area contributed by atoms with Gasteiger partial charge >= 0.3 is 12.3 Å². The zero-order chi connectivity index (χ0) is 16.1. The summed E-state index contributed by atoms with van der Waals surface area (Å²) in [6.45, 7) is 3.79. The largest absolute Gasteiger partial charge is 0.573 e. The van der Waals surface area contributed by atoms with E-state index in [9.17, 15) is 23.1 Å². The van der Waals surface area contributed by atoms with Crippen LogP contribution in [0, 0.1) is 0 Å². The molecule has 0 heterocycles. The van der Waals surface area contributed by atoms with Crippen molar-refractivity contribution in [3.63, 3.8) is 0 Å². The molecule has 4 nitrogen and oxygen atoms in total. The Morgan fingerprint density at radius 3 is 2.10 bits per heavy atom. The third-order valence-corrected chi connectivity index (χ3v) is 3.40. The number of carboxylic acid groups (broad SMARTS) is 1. The standard InChI is InChI=1S/C14H18F3NO3/c1-3-13(4-2,12(19)20)18-9-10-5-7-11(8-6-10)21-14(15,16)17/h5-8,18H,3-4,9H2,1-2H3,(H,19,20). The first kappa shape index (κ1) is 17.3. The molecule has 118 valence electrons. The van der Waals surface area contributed by atoms with Crippen LogP contribution in [0.4, 0.5) is 13.2 Å². The number of aliphatic carboxylic acids is 1. The van der Waals surface area contributed by atoms with Gasteiger partial charge < -0.3 is 9.84 Å². The van der Waals surface area contributed by atoms with Crippen LogP contribution in [0.1, 0.15) is 32.3 Å². The van der Waals surface area contributed by atoms with Crippen molar-refractivity contribution < 1.29 is 27.8 Å². The van der Waals surface area contributed by atoms with Crippen LogP contribution >= 0.6 is 0 Å². The number of hydrogen-bond donors (Lipinski definition) is 2. The van der Waals surface area contributed by atoms with Crippen molar-refractivity contribution in [1.82, 2.24) is 5.32 Å². The number of alkyl halides is 3. The lowest BCUT2D eigenvalue weighted by molar-refractivity contribution is -0.274. The first-order valence-corrected chi connectivity index (χ1v) is 6.55. The molecule has 0 atom stereocenters. The van der Waals surface area contributed by atoms with Gasteiger partial charge in [-0.2, -0.15) is 0 Å². The molecule has 0 aliphatic rings. The van der Waals surface area contributed by atoms with Crippen molar-refractivity contribution in [1.29, 1.82) is 0 Å². The molecule has 0 saturated carbocycles. The summed E-state index contributed by atoms with van der Waals surface area (Å²) in [6.07, 6.45) is -3.90. The van der Waals surface area contributed by atoms with E-state index in [2.05, 4.69) is 10.1 Å². The monoisotopic (exact) mass is 305 g/mol. The van der Waals surface area contributed by atoms with Gasteiger partial charge in [0, 0.05) is 6.54 Å². The highest BCUT2D eigenvalue weighted by Crippen LogP contribution is 2.23. The number of carboxylic acids is 1. The average Bonchev–Trinajstić information content (AvgIpc) is 2.40. The Morgan fingerprint density at radius 2 is 1.71 bits per heavy atom. The fraction of sp³-hybridized carbons (Fsp3) is 0.500. The van der Waals surface area contributed by atoms with Crippen LogP contribution in [0.15, 0.2) is 24.3 Å². The SMILES string of the molecule is CCC(CC)(NCc1ccc(OC(F)(F)F)cc1)C(=O)O. The minimum Gasteiger partial charge on any atom is -0.480 e. The quantitative estimate of drug-likeness (QED) is 0.811. The second-order valence-electron chi connectivity index (χ2n) is 4.64. The van der Waals surface area contributed by atoms with Crippen LogP contribution in [0.3, 0.4) is 0 Å². The second kappa shape index (κ2) is 6.80. The van der Waals surface area contributed by atoms with Crippen molar-refractivity contribution >= 4 is 5.97 Å². The van der Waals surface area contributed by atoms with Gasteiger partial charge in [-0.05, 0) is 30.5 Å². The molecule has 0 aromatic heterocycles. The Bertz CT molecular complexity index is 467. The van der Waals surface area contributed by atoms with Crippen molar-refractivity contribution in [2.75, 3.05) is 0 Å². The van der Waals surface area contributed by atoms with Crippen LogP contribution in [0.5, 0.6) is 5.75 Å². The molecular formula is C14H18F3NO3. The van der Waals surface area contributed by atoms with E-state index in [1.165, 1.54) is 24.3 Å². The van der Waals surface area contributed by atoms with E-state index in [0.717, 1.165) is 0 Å². The lowest BCUT2D eigenvalue weighted by Crippen LogP contribution is -2.50. The summed E-state index contributed by atoms with van der Waals surface area (Å²) in [4.78, 5) is 11.3. The number of ether oxygens (including phenoxy) is 1. The van der Waals surface area contributed by atoms with Crippen LogP contribution < -0.4 is 10.1 Å². The molecule has 0 aliphatic carbocycles. The number of carbonyl (C=O) groups is 1. The summed E-state index contributed by atoms with van der Waals surface area (Å²) < 4.78 is 39.8. The van der Waals surface area contributed by atoms with Gasteiger partial charge in [0.15, 0.2) is 0 Å². The van der Waals surface area contributed by atoms with E-state index in [0.29, 0.717) is 18.4 Å². The zero-order valence-electron chi connectivity index (χ0n) is 11.8. The highest BCUT2D eigenvalue weighted by molar-refractivity contribution is 5.78. The van der Waals surface area contributed by atoms with Gasteiger partial charge in [-0.15, -0.1) is 13.2 Å². The van der Waals surface area contributed by atoms with Gasteiger partial charge in [-0.1, -0.05) is 26.0 Å². The molecule has 1 aromatic rings. The van der Waals surface area contributed by atoms with Crippen molar-refractivity contribution in [2.45, 2.75) is 45.1 Å². The van der Waals surface area contributed by atoms with Gasteiger partial charge in [0.2, 0.25) is 0 Å².